The van der Waals surface area contributed by atoms with Gasteiger partial charge in [0.05, 0.1) is 22.8 Å². The van der Waals surface area contributed by atoms with Crippen LogP contribution in [0.3, 0.4) is 0 Å². The van der Waals surface area contributed by atoms with Crippen molar-refractivity contribution in [2.45, 2.75) is 20.5 Å². The summed E-state index contributed by atoms with van der Waals surface area (Å²) in [5, 5.41) is 9.60. The predicted molar refractivity (Wildman–Crippen MR) is 142 cm³/mol. The normalized spacial score (nSPS) is 15.4. The SMILES string of the molecule is CCOc1cc(C=C2SC(=Nc3ccc(C(=O)O)cc3)N(CC)C2=O)ccc1OCc1ccc(F)cc1. The van der Waals surface area contributed by atoms with Gasteiger partial charge in [-0.25, -0.2) is 14.2 Å². The zero-order valence-corrected chi connectivity index (χ0v) is 21.1. The van der Waals surface area contributed by atoms with E-state index in [2.05, 4.69) is 4.99 Å². The average molecular weight is 521 g/mol. The maximum absolute atomic E-state index is 13.2. The molecule has 7 nitrogen and oxygen atoms in total. The second-order valence-corrected chi connectivity index (χ2v) is 8.97. The van der Waals surface area contributed by atoms with Crippen LogP contribution in [0.15, 0.2) is 76.6 Å². The summed E-state index contributed by atoms with van der Waals surface area (Å²) in [6.45, 7) is 4.87. The highest BCUT2D eigenvalue weighted by Gasteiger charge is 2.32. The number of aromatic carboxylic acids is 1. The summed E-state index contributed by atoms with van der Waals surface area (Å²) in [5.74, 6) is -0.400. The molecule has 0 radical (unpaired) electrons. The lowest BCUT2D eigenvalue weighted by atomic mass is 10.1. The van der Waals surface area contributed by atoms with Crippen LogP contribution in [0.1, 0.15) is 35.3 Å². The fourth-order valence-electron chi connectivity index (χ4n) is 3.55. The highest BCUT2D eigenvalue weighted by atomic mass is 32.2. The van der Waals surface area contributed by atoms with Crippen molar-refractivity contribution in [1.82, 2.24) is 4.90 Å². The Kier molecular flexibility index (Phi) is 8.25. The Hall–Kier alpha value is -4.11. The number of ether oxygens (including phenoxy) is 2. The molecule has 3 aromatic carbocycles. The van der Waals surface area contributed by atoms with Crippen molar-refractivity contribution in [3.8, 4) is 11.5 Å². The van der Waals surface area contributed by atoms with Gasteiger partial charge in [-0.1, -0.05) is 18.2 Å². The number of amides is 1. The molecule has 0 aromatic heterocycles. The maximum Gasteiger partial charge on any atom is 0.335 e. The minimum absolute atomic E-state index is 0.164. The lowest BCUT2D eigenvalue weighted by Gasteiger charge is -2.13. The molecule has 1 amide bonds. The first-order valence-corrected chi connectivity index (χ1v) is 12.5. The first-order chi connectivity index (χ1) is 17.9. The number of aliphatic imine (C=N–C) groups is 1. The number of hydrogen-bond acceptors (Lipinski definition) is 6. The molecule has 1 fully saturated rings. The summed E-state index contributed by atoms with van der Waals surface area (Å²) < 4.78 is 24.8. The van der Waals surface area contributed by atoms with Crippen LogP contribution in [0.5, 0.6) is 11.5 Å². The number of amidine groups is 1. The van der Waals surface area contributed by atoms with Gasteiger partial charge in [0, 0.05) is 6.54 Å². The Morgan fingerprint density at radius 2 is 1.76 bits per heavy atom. The summed E-state index contributed by atoms with van der Waals surface area (Å²) in [5.41, 5.74) is 2.31. The maximum atomic E-state index is 13.2. The van der Waals surface area contributed by atoms with Crippen molar-refractivity contribution in [2.75, 3.05) is 13.2 Å². The molecule has 0 unspecified atom stereocenters. The number of thioether (sulfide) groups is 1. The molecular weight excluding hydrogens is 495 g/mol. The molecule has 1 aliphatic rings. The van der Waals surface area contributed by atoms with Crippen LogP contribution in [0, 0.1) is 5.82 Å². The van der Waals surface area contributed by atoms with E-state index in [4.69, 9.17) is 14.6 Å². The highest BCUT2D eigenvalue weighted by Crippen LogP contribution is 2.36. The number of likely N-dealkylation sites (N-methyl/N-ethyl adjacent to an activating group) is 1. The van der Waals surface area contributed by atoms with Crippen LogP contribution in [0.2, 0.25) is 0 Å². The molecule has 3 aromatic rings. The number of halogens is 1. The molecule has 9 heteroatoms. The number of carbonyl (C=O) groups is 2. The molecule has 0 atom stereocenters. The quantitative estimate of drug-likeness (QED) is 0.342. The fraction of sp³-hybridized carbons (Fsp3) is 0.179. The third kappa shape index (κ3) is 6.37. The standard InChI is InChI=1S/C28H25FN2O5S/c1-3-31-26(32)25(37-28(31)30-22-12-8-20(9-13-22)27(33)34)16-19-7-14-23(24(15-19)35-4-2)36-17-18-5-10-21(29)11-6-18/h5-16H,3-4,17H2,1-2H3,(H,33,34). The number of benzene rings is 3. The molecule has 0 bridgehead atoms. The van der Waals surface area contributed by atoms with Gasteiger partial charge in [0.1, 0.15) is 12.4 Å². The lowest BCUT2D eigenvalue weighted by Crippen LogP contribution is -2.28. The average Bonchev–Trinajstić information content (AvgIpc) is 3.18. The second-order valence-electron chi connectivity index (χ2n) is 7.96. The molecule has 0 saturated carbocycles. The Morgan fingerprint density at radius 1 is 1.03 bits per heavy atom. The third-order valence-electron chi connectivity index (χ3n) is 5.42. The van der Waals surface area contributed by atoms with E-state index < -0.39 is 5.97 Å². The monoisotopic (exact) mass is 520 g/mol. The van der Waals surface area contributed by atoms with Crippen molar-refractivity contribution < 1.29 is 28.6 Å². The number of rotatable bonds is 9. The van der Waals surface area contributed by atoms with E-state index in [-0.39, 0.29) is 23.9 Å². The van der Waals surface area contributed by atoms with E-state index in [1.807, 2.05) is 19.9 Å². The number of carbonyl (C=O) groups excluding carboxylic acids is 1. The van der Waals surface area contributed by atoms with E-state index in [0.29, 0.717) is 40.4 Å². The first-order valence-electron chi connectivity index (χ1n) is 11.7. The van der Waals surface area contributed by atoms with Gasteiger partial charge in [0.25, 0.3) is 5.91 Å². The minimum atomic E-state index is -1.01. The van der Waals surface area contributed by atoms with Gasteiger partial charge in [0.15, 0.2) is 16.7 Å². The second kappa shape index (κ2) is 11.7. The van der Waals surface area contributed by atoms with Gasteiger partial charge in [0.2, 0.25) is 0 Å². The molecular formula is C28H25FN2O5S. The molecule has 0 spiro atoms. The summed E-state index contributed by atoms with van der Waals surface area (Å²) in [4.78, 5) is 30.8. The van der Waals surface area contributed by atoms with Crippen molar-refractivity contribution in [1.29, 1.82) is 0 Å². The largest absolute Gasteiger partial charge is 0.490 e. The van der Waals surface area contributed by atoms with Crippen LogP contribution in [-0.4, -0.2) is 40.2 Å². The fourth-order valence-corrected chi connectivity index (χ4v) is 4.62. The van der Waals surface area contributed by atoms with E-state index in [1.165, 1.54) is 36.0 Å². The van der Waals surface area contributed by atoms with Crippen LogP contribution < -0.4 is 9.47 Å². The summed E-state index contributed by atoms with van der Waals surface area (Å²) in [7, 11) is 0. The van der Waals surface area contributed by atoms with Gasteiger partial charge in [-0.3, -0.25) is 9.69 Å². The molecule has 1 saturated heterocycles. The Labute approximate surface area is 218 Å². The summed E-state index contributed by atoms with van der Waals surface area (Å²) in [6, 6.07) is 17.7. The third-order valence-corrected chi connectivity index (χ3v) is 6.42. The van der Waals surface area contributed by atoms with E-state index in [9.17, 15) is 14.0 Å². The highest BCUT2D eigenvalue weighted by molar-refractivity contribution is 8.18. The van der Waals surface area contributed by atoms with E-state index in [1.54, 1.807) is 47.4 Å². The smallest absolute Gasteiger partial charge is 0.335 e. The van der Waals surface area contributed by atoms with Gasteiger partial charge >= 0.3 is 5.97 Å². The molecule has 190 valence electrons. The number of carboxylic acids is 1. The van der Waals surface area contributed by atoms with Gasteiger partial charge in [-0.05, 0) is 91.3 Å². The van der Waals surface area contributed by atoms with E-state index >= 15 is 0 Å². The topological polar surface area (TPSA) is 88.4 Å². The summed E-state index contributed by atoms with van der Waals surface area (Å²) in [6.07, 6.45) is 1.78. The molecule has 1 aliphatic heterocycles. The molecule has 4 rings (SSSR count). The van der Waals surface area contributed by atoms with Gasteiger partial charge in [-0.15, -0.1) is 0 Å². The van der Waals surface area contributed by atoms with Crippen molar-refractivity contribution in [3.05, 3.63) is 94.1 Å². The van der Waals surface area contributed by atoms with Crippen LogP contribution in [0.25, 0.3) is 6.08 Å². The van der Waals surface area contributed by atoms with Crippen LogP contribution >= 0.6 is 11.8 Å². The molecule has 1 heterocycles. The van der Waals surface area contributed by atoms with Gasteiger partial charge in [-0.2, -0.15) is 0 Å². The lowest BCUT2D eigenvalue weighted by molar-refractivity contribution is -0.122. The van der Waals surface area contributed by atoms with Crippen molar-refractivity contribution >= 4 is 40.6 Å². The first kappa shape index (κ1) is 26.0. The van der Waals surface area contributed by atoms with E-state index in [0.717, 1.165) is 11.1 Å². The minimum Gasteiger partial charge on any atom is -0.490 e. The zero-order chi connectivity index (χ0) is 26.4. The van der Waals surface area contributed by atoms with Crippen molar-refractivity contribution in [2.24, 2.45) is 4.99 Å². The van der Waals surface area contributed by atoms with Gasteiger partial charge < -0.3 is 14.6 Å². The Morgan fingerprint density at radius 3 is 2.41 bits per heavy atom. The van der Waals surface area contributed by atoms with Crippen molar-refractivity contribution in [3.63, 3.8) is 0 Å². The molecule has 1 N–H and O–H groups in total. The molecule has 0 aliphatic carbocycles. The molecule has 37 heavy (non-hydrogen) atoms. The predicted octanol–water partition coefficient (Wildman–Crippen LogP) is 6.13. The summed E-state index contributed by atoms with van der Waals surface area (Å²) >= 11 is 1.25. The number of nitrogens with zero attached hydrogens (tertiary/aromatic N) is 2. The Bertz CT molecular complexity index is 1350. The van der Waals surface area contributed by atoms with Crippen LogP contribution in [-0.2, 0) is 11.4 Å². The number of hydrogen-bond donors (Lipinski definition) is 1. The van der Waals surface area contributed by atoms with Crippen LogP contribution in [0.4, 0.5) is 10.1 Å². The number of carboxylic acid groups (broad SMARTS) is 1. The Balaban J connectivity index is 1.55. The zero-order valence-electron chi connectivity index (χ0n) is 20.3.